The molecule has 1 saturated heterocycles. The molecule has 0 aromatic heterocycles. The smallest absolute Gasteiger partial charge is 0.263 e. The monoisotopic (exact) mass is 348 g/mol. The molecule has 1 N–H and O–H groups in total. The number of piperidine rings is 1. The number of amides is 1. The van der Waals surface area contributed by atoms with E-state index in [0.29, 0.717) is 37.4 Å². The number of ketones is 1. The Morgan fingerprint density at radius 3 is 2.76 bits per heavy atom. The first-order valence-corrected chi connectivity index (χ1v) is 8.64. The summed E-state index contributed by atoms with van der Waals surface area (Å²) < 4.78 is 5.73. The highest BCUT2D eigenvalue weighted by Crippen LogP contribution is 2.23. The Hall–Kier alpha value is -1.92. The molecule has 1 aromatic carbocycles. The van der Waals surface area contributed by atoms with Gasteiger partial charge in [-0.1, -0.05) is 12.1 Å². The van der Waals surface area contributed by atoms with Gasteiger partial charge < -0.3 is 19.6 Å². The van der Waals surface area contributed by atoms with Crippen molar-refractivity contribution in [2.24, 2.45) is 0 Å². The Bertz CT molecular complexity index is 632. The van der Waals surface area contributed by atoms with Crippen LogP contribution in [0.15, 0.2) is 24.3 Å². The van der Waals surface area contributed by atoms with Crippen molar-refractivity contribution < 1.29 is 19.4 Å². The maximum atomic E-state index is 12.7. The Morgan fingerprint density at radius 2 is 2.12 bits per heavy atom. The lowest BCUT2D eigenvalue weighted by molar-refractivity contribution is -0.145. The van der Waals surface area contributed by atoms with Gasteiger partial charge in [-0.3, -0.25) is 9.59 Å². The molecular formula is C19H28N2O4. The van der Waals surface area contributed by atoms with Gasteiger partial charge in [0, 0.05) is 18.7 Å². The molecule has 2 atom stereocenters. The molecule has 0 saturated carbocycles. The molecule has 0 aliphatic carbocycles. The van der Waals surface area contributed by atoms with E-state index < -0.39 is 11.7 Å². The van der Waals surface area contributed by atoms with Crippen LogP contribution in [0.2, 0.25) is 0 Å². The molecule has 0 bridgehead atoms. The van der Waals surface area contributed by atoms with Crippen LogP contribution < -0.4 is 4.74 Å². The SMILES string of the molecule is CC(=O)c1cccc(OC(C)C(=O)N2CCCC(O)(CN(C)C)C2)c1. The van der Waals surface area contributed by atoms with Crippen molar-refractivity contribution in [3.63, 3.8) is 0 Å². The minimum atomic E-state index is -0.883. The fourth-order valence-corrected chi connectivity index (χ4v) is 3.32. The summed E-state index contributed by atoms with van der Waals surface area (Å²) >= 11 is 0. The van der Waals surface area contributed by atoms with Gasteiger partial charge in [-0.15, -0.1) is 0 Å². The summed E-state index contributed by atoms with van der Waals surface area (Å²) in [7, 11) is 3.82. The molecule has 1 amide bonds. The number of nitrogens with zero attached hydrogens (tertiary/aromatic N) is 2. The minimum Gasteiger partial charge on any atom is -0.481 e. The lowest BCUT2D eigenvalue weighted by atomic mass is 9.92. The molecule has 1 aliphatic rings. The van der Waals surface area contributed by atoms with Gasteiger partial charge >= 0.3 is 0 Å². The van der Waals surface area contributed by atoms with Crippen LogP contribution in [0.25, 0.3) is 0 Å². The fourth-order valence-electron chi connectivity index (χ4n) is 3.32. The number of likely N-dealkylation sites (tertiary alicyclic amines) is 1. The summed E-state index contributed by atoms with van der Waals surface area (Å²) in [5, 5.41) is 10.7. The quantitative estimate of drug-likeness (QED) is 0.790. The molecule has 6 heteroatoms. The lowest BCUT2D eigenvalue weighted by Gasteiger charge is -2.41. The highest BCUT2D eigenvalue weighted by Gasteiger charge is 2.37. The Labute approximate surface area is 149 Å². The van der Waals surface area contributed by atoms with Gasteiger partial charge in [-0.2, -0.15) is 0 Å². The zero-order valence-electron chi connectivity index (χ0n) is 15.5. The van der Waals surface area contributed by atoms with Crippen LogP contribution >= 0.6 is 0 Å². The van der Waals surface area contributed by atoms with E-state index in [4.69, 9.17) is 4.74 Å². The number of likely N-dealkylation sites (N-methyl/N-ethyl adjacent to an activating group) is 1. The van der Waals surface area contributed by atoms with E-state index >= 15 is 0 Å². The van der Waals surface area contributed by atoms with E-state index in [-0.39, 0.29) is 11.7 Å². The van der Waals surface area contributed by atoms with E-state index in [1.54, 1.807) is 36.1 Å². The second kappa shape index (κ2) is 7.97. The number of benzene rings is 1. The van der Waals surface area contributed by atoms with Crippen molar-refractivity contribution >= 4 is 11.7 Å². The van der Waals surface area contributed by atoms with Crippen LogP contribution in [0.5, 0.6) is 5.75 Å². The number of carbonyl (C=O) groups is 2. The van der Waals surface area contributed by atoms with Crippen molar-refractivity contribution in [3.05, 3.63) is 29.8 Å². The van der Waals surface area contributed by atoms with Crippen LogP contribution in [0.1, 0.15) is 37.0 Å². The fraction of sp³-hybridized carbons (Fsp3) is 0.579. The standard InChI is InChI=1S/C19H28N2O4/c1-14(22)16-7-5-8-17(11-16)25-15(2)18(23)21-10-6-9-19(24,13-21)12-20(3)4/h5,7-8,11,15,24H,6,9-10,12-13H2,1-4H3. The summed E-state index contributed by atoms with van der Waals surface area (Å²) in [6.07, 6.45) is 0.775. The third-order valence-corrected chi connectivity index (χ3v) is 4.38. The first-order valence-electron chi connectivity index (χ1n) is 8.64. The molecule has 138 valence electrons. The number of aliphatic hydroxyl groups is 1. The zero-order valence-corrected chi connectivity index (χ0v) is 15.5. The molecule has 6 nitrogen and oxygen atoms in total. The van der Waals surface area contributed by atoms with Gasteiger partial charge in [0.25, 0.3) is 5.91 Å². The number of carbonyl (C=O) groups excluding carboxylic acids is 2. The van der Waals surface area contributed by atoms with Gasteiger partial charge in [-0.25, -0.2) is 0 Å². The number of Topliss-reactive ketones (excluding diaryl/α,β-unsaturated/α-hetero) is 1. The van der Waals surface area contributed by atoms with E-state index in [9.17, 15) is 14.7 Å². The predicted molar refractivity (Wildman–Crippen MR) is 95.9 cm³/mol. The largest absolute Gasteiger partial charge is 0.481 e. The van der Waals surface area contributed by atoms with Crippen LogP contribution in [-0.4, -0.2) is 72.0 Å². The van der Waals surface area contributed by atoms with Crippen LogP contribution in [0.3, 0.4) is 0 Å². The molecule has 0 spiro atoms. The van der Waals surface area contributed by atoms with E-state index in [1.807, 2.05) is 19.0 Å². The number of ether oxygens (including phenoxy) is 1. The van der Waals surface area contributed by atoms with Crippen molar-refractivity contribution in [1.82, 2.24) is 9.80 Å². The molecule has 1 aliphatic heterocycles. The van der Waals surface area contributed by atoms with Gasteiger partial charge in [0.2, 0.25) is 0 Å². The van der Waals surface area contributed by atoms with Gasteiger partial charge in [-0.05, 0) is 52.9 Å². The summed E-state index contributed by atoms with van der Waals surface area (Å²) in [5.74, 6) is 0.299. The maximum Gasteiger partial charge on any atom is 0.263 e. The molecular weight excluding hydrogens is 320 g/mol. The van der Waals surface area contributed by atoms with E-state index in [0.717, 1.165) is 6.42 Å². The average Bonchev–Trinajstić information content (AvgIpc) is 2.53. The number of rotatable bonds is 6. The van der Waals surface area contributed by atoms with Crippen molar-refractivity contribution in [2.75, 3.05) is 33.7 Å². The second-order valence-electron chi connectivity index (χ2n) is 7.17. The van der Waals surface area contributed by atoms with Gasteiger partial charge in [0.15, 0.2) is 11.9 Å². The second-order valence-corrected chi connectivity index (χ2v) is 7.17. The molecule has 1 fully saturated rings. The molecule has 25 heavy (non-hydrogen) atoms. The highest BCUT2D eigenvalue weighted by atomic mass is 16.5. The Morgan fingerprint density at radius 1 is 1.40 bits per heavy atom. The third kappa shape index (κ3) is 5.28. The van der Waals surface area contributed by atoms with Crippen molar-refractivity contribution in [1.29, 1.82) is 0 Å². The summed E-state index contributed by atoms with van der Waals surface area (Å²) in [4.78, 5) is 27.8. The van der Waals surface area contributed by atoms with Crippen LogP contribution in [0, 0.1) is 0 Å². The van der Waals surface area contributed by atoms with Crippen LogP contribution in [0.4, 0.5) is 0 Å². The van der Waals surface area contributed by atoms with E-state index in [2.05, 4.69) is 0 Å². The predicted octanol–water partition coefficient (Wildman–Crippen LogP) is 1.57. The molecule has 2 rings (SSSR count). The molecule has 2 unspecified atom stereocenters. The first-order chi connectivity index (χ1) is 11.7. The zero-order chi connectivity index (χ0) is 18.6. The lowest BCUT2D eigenvalue weighted by Crippen LogP contribution is -2.56. The molecule has 1 heterocycles. The first kappa shape index (κ1) is 19.4. The van der Waals surface area contributed by atoms with Gasteiger partial charge in [0.1, 0.15) is 5.75 Å². The van der Waals surface area contributed by atoms with Gasteiger partial charge in [0.05, 0.1) is 12.1 Å². The normalized spacial score (nSPS) is 21.9. The van der Waals surface area contributed by atoms with Crippen LogP contribution in [-0.2, 0) is 4.79 Å². The van der Waals surface area contributed by atoms with Crippen molar-refractivity contribution in [3.8, 4) is 5.75 Å². The average molecular weight is 348 g/mol. The number of hydrogen-bond acceptors (Lipinski definition) is 5. The van der Waals surface area contributed by atoms with Crippen molar-refractivity contribution in [2.45, 2.75) is 38.4 Å². The molecule has 0 radical (unpaired) electrons. The number of hydrogen-bond donors (Lipinski definition) is 1. The molecule has 1 aromatic rings. The minimum absolute atomic E-state index is 0.0470. The Kier molecular flexibility index (Phi) is 6.19. The maximum absolute atomic E-state index is 12.7. The van der Waals surface area contributed by atoms with E-state index in [1.165, 1.54) is 6.92 Å². The summed E-state index contributed by atoms with van der Waals surface area (Å²) in [6, 6.07) is 6.83. The summed E-state index contributed by atoms with van der Waals surface area (Å²) in [6.45, 7) is 4.64. The topological polar surface area (TPSA) is 70.1 Å². The third-order valence-electron chi connectivity index (χ3n) is 4.38. The summed E-state index contributed by atoms with van der Waals surface area (Å²) in [5.41, 5.74) is -0.332. The number of β-amino-alcohol motifs (C(OH)–C–C–N with tert-alkyl or cyclic N) is 1. The Balaban J connectivity index is 2.02. The highest BCUT2D eigenvalue weighted by molar-refractivity contribution is 5.94.